The molecule has 0 saturated heterocycles. The summed E-state index contributed by atoms with van der Waals surface area (Å²) in [7, 11) is 1.70. The monoisotopic (exact) mass is 412 g/mol. The van der Waals surface area contributed by atoms with Crippen molar-refractivity contribution in [1.82, 2.24) is 0 Å². The molecule has 0 aromatic heterocycles. The number of benzene rings is 1. The van der Waals surface area contributed by atoms with Crippen LogP contribution in [0.4, 0.5) is 5.69 Å². The van der Waals surface area contributed by atoms with Crippen LogP contribution >= 0.6 is 0 Å². The highest BCUT2D eigenvalue weighted by Gasteiger charge is 2.38. The number of rotatable bonds is 3. The summed E-state index contributed by atoms with van der Waals surface area (Å²) in [5, 5.41) is 28.2. The molecule has 4 rings (SSSR count). The van der Waals surface area contributed by atoms with Crippen LogP contribution in [0.5, 0.6) is 5.75 Å². The fraction of sp³-hybridized carbons (Fsp3) is 0.400. The zero-order valence-corrected chi connectivity index (χ0v) is 18.1. The fourth-order valence-corrected chi connectivity index (χ4v) is 4.88. The summed E-state index contributed by atoms with van der Waals surface area (Å²) in [5.41, 5.74) is 4.76. The van der Waals surface area contributed by atoms with Gasteiger partial charge in [-0.1, -0.05) is 12.2 Å². The van der Waals surface area contributed by atoms with Crippen LogP contribution in [0.3, 0.4) is 0 Å². The van der Waals surface area contributed by atoms with Gasteiger partial charge in [-0.05, 0) is 51.2 Å². The van der Waals surface area contributed by atoms with Crippen molar-refractivity contribution in [1.29, 1.82) is 15.8 Å². The Kier molecular flexibility index (Phi) is 5.22. The molecule has 3 aliphatic heterocycles. The number of nitrogens with zero attached hydrogens (tertiary/aromatic N) is 4. The molecule has 0 aliphatic carbocycles. The van der Waals surface area contributed by atoms with Gasteiger partial charge in [0.1, 0.15) is 35.1 Å². The molecule has 6 nitrogen and oxygen atoms in total. The smallest absolute Gasteiger partial charge is 0.172 e. The lowest BCUT2D eigenvalue weighted by Gasteiger charge is -2.38. The molecule has 1 aromatic carbocycles. The zero-order valence-electron chi connectivity index (χ0n) is 18.1. The van der Waals surface area contributed by atoms with Gasteiger partial charge in [-0.3, -0.25) is 0 Å². The summed E-state index contributed by atoms with van der Waals surface area (Å²) in [4.78, 5) is 2.47. The Labute approximate surface area is 182 Å². The maximum absolute atomic E-state index is 9.75. The largest absolute Gasteiger partial charge is 0.496 e. The van der Waals surface area contributed by atoms with E-state index in [9.17, 15) is 15.8 Å². The Balaban J connectivity index is 1.85. The second-order valence-electron chi connectivity index (χ2n) is 8.45. The second-order valence-corrected chi connectivity index (χ2v) is 8.45. The van der Waals surface area contributed by atoms with E-state index in [0.717, 1.165) is 50.1 Å². The van der Waals surface area contributed by atoms with E-state index in [-0.39, 0.29) is 16.9 Å². The van der Waals surface area contributed by atoms with Gasteiger partial charge in [0.25, 0.3) is 0 Å². The highest BCUT2D eigenvalue weighted by atomic mass is 16.5. The third-order valence-electron chi connectivity index (χ3n) is 6.20. The summed E-state index contributed by atoms with van der Waals surface area (Å²) >= 11 is 0. The molecule has 0 spiro atoms. The third-order valence-corrected chi connectivity index (χ3v) is 6.20. The van der Waals surface area contributed by atoms with Gasteiger partial charge in [-0.15, -0.1) is 0 Å². The number of anilines is 1. The van der Waals surface area contributed by atoms with Crippen LogP contribution in [-0.4, -0.2) is 25.8 Å². The van der Waals surface area contributed by atoms with Gasteiger partial charge in [0.2, 0.25) is 0 Å². The fourth-order valence-electron chi connectivity index (χ4n) is 4.88. The Morgan fingerprint density at radius 1 is 1.13 bits per heavy atom. The predicted octanol–water partition coefficient (Wildman–Crippen LogP) is 4.34. The molecule has 0 atom stereocenters. The Morgan fingerprint density at radius 3 is 2.48 bits per heavy atom. The molecule has 0 saturated carbocycles. The molecule has 31 heavy (non-hydrogen) atoms. The van der Waals surface area contributed by atoms with Crippen molar-refractivity contribution >= 4 is 11.8 Å². The first kappa shape index (κ1) is 20.6. The first-order chi connectivity index (χ1) is 14.9. The number of methoxy groups -OCH3 is 1. The summed E-state index contributed by atoms with van der Waals surface area (Å²) in [6, 6.07) is 7.97. The predicted molar refractivity (Wildman–Crippen MR) is 117 cm³/mol. The second kappa shape index (κ2) is 7.86. The van der Waals surface area contributed by atoms with Gasteiger partial charge in [0.05, 0.1) is 7.11 Å². The molecule has 156 valence electrons. The quantitative estimate of drug-likeness (QED) is 0.686. The molecule has 0 N–H and O–H groups in total. The molecule has 0 unspecified atom stereocenters. The number of ether oxygens (including phenoxy) is 2. The lowest BCUT2D eigenvalue weighted by Crippen LogP contribution is -2.34. The molecule has 0 radical (unpaired) electrons. The van der Waals surface area contributed by atoms with Gasteiger partial charge in [-0.2, -0.15) is 15.8 Å². The number of hydrogen-bond donors (Lipinski definition) is 0. The van der Waals surface area contributed by atoms with E-state index >= 15 is 0 Å². The molecule has 0 amide bonds. The molecular formula is C25H24N4O2. The minimum absolute atomic E-state index is 0.0558. The van der Waals surface area contributed by atoms with Gasteiger partial charge in [0.15, 0.2) is 11.3 Å². The summed E-state index contributed by atoms with van der Waals surface area (Å²) in [6.07, 6.45) is 8.11. The van der Waals surface area contributed by atoms with Gasteiger partial charge in [0, 0.05) is 35.5 Å². The normalized spacial score (nSPS) is 18.7. The number of aryl methyl sites for hydroxylation is 1. The first-order valence-electron chi connectivity index (χ1n) is 10.5. The molecular weight excluding hydrogens is 388 g/mol. The SMILES string of the molecule is COc1c(/C=C/C2=C(C#N)C(=C(C#N)C#N)OC2(C)C)cc2c3c1CCCN3CCC2. The van der Waals surface area contributed by atoms with Gasteiger partial charge >= 0.3 is 0 Å². The average Bonchev–Trinajstić information content (AvgIpc) is 3.03. The highest BCUT2D eigenvalue weighted by molar-refractivity contribution is 5.75. The van der Waals surface area contributed by atoms with Crippen molar-refractivity contribution in [3.63, 3.8) is 0 Å². The van der Waals surface area contributed by atoms with Crippen molar-refractivity contribution in [3.05, 3.63) is 51.3 Å². The topological polar surface area (TPSA) is 93.1 Å². The summed E-state index contributed by atoms with van der Waals surface area (Å²) in [6.45, 7) is 5.85. The average molecular weight is 412 g/mol. The van der Waals surface area contributed by atoms with Gasteiger partial charge < -0.3 is 14.4 Å². The summed E-state index contributed by atoms with van der Waals surface area (Å²) < 4.78 is 11.7. The number of hydrogen-bond acceptors (Lipinski definition) is 6. The zero-order chi connectivity index (χ0) is 22.2. The van der Waals surface area contributed by atoms with E-state index < -0.39 is 5.60 Å². The van der Waals surface area contributed by atoms with Crippen LogP contribution in [0.2, 0.25) is 0 Å². The molecule has 0 bridgehead atoms. The Bertz CT molecular complexity index is 1150. The Hall–Kier alpha value is -3.69. The van der Waals surface area contributed by atoms with Crippen LogP contribution < -0.4 is 9.64 Å². The summed E-state index contributed by atoms with van der Waals surface area (Å²) in [5.74, 6) is 0.934. The van der Waals surface area contributed by atoms with E-state index in [2.05, 4.69) is 17.0 Å². The lowest BCUT2D eigenvalue weighted by atomic mass is 9.88. The standard InChI is InChI=1S/C25H24N4O2/c1-25(2)21(20(15-28)24(31-25)18(13-26)14-27)9-8-17-12-16-6-4-10-29-11-5-7-19(22(16)29)23(17)30-3/h8-9,12H,4-7,10-11H2,1-3H3/b9-8+. The minimum atomic E-state index is -0.831. The van der Waals surface area contributed by atoms with Crippen LogP contribution in [-0.2, 0) is 17.6 Å². The maximum Gasteiger partial charge on any atom is 0.172 e. The van der Waals surface area contributed by atoms with Crippen LogP contribution in [0.1, 0.15) is 43.4 Å². The van der Waals surface area contributed by atoms with E-state index in [1.54, 1.807) is 7.11 Å². The highest BCUT2D eigenvalue weighted by Crippen LogP contribution is 2.44. The van der Waals surface area contributed by atoms with Crippen molar-refractivity contribution in [2.45, 2.75) is 45.1 Å². The molecule has 6 heteroatoms. The first-order valence-corrected chi connectivity index (χ1v) is 10.5. The van der Waals surface area contributed by atoms with Crippen LogP contribution in [0.25, 0.3) is 6.08 Å². The number of allylic oxidation sites excluding steroid dienone is 2. The van der Waals surface area contributed by atoms with Crippen LogP contribution in [0.15, 0.2) is 34.6 Å². The van der Waals surface area contributed by atoms with Crippen molar-refractivity contribution in [2.75, 3.05) is 25.1 Å². The van der Waals surface area contributed by atoms with Crippen molar-refractivity contribution < 1.29 is 9.47 Å². The lowest BCUT2D eigenvalue weighted by molar-refractivity contribution is 0.0954. The van der Waals surface area contributed by atoms with E-state index in [0.29, 0.717) is 5.57 Å². The van der Waals surface area contributed by atoms with Gasteiger partial charge in [-0.25, -0.2) is 0 Å². The van der Waals surface area contributed by atoms with E-state index in [4.69, 9.17) is 9.47 Å². The molecule has 3 heterocycles. The van der Waals surface area contributed by atoms with E-state index in [1.165, 1.54) is 16.8 Å². The van der Waals surface area contributed by atoms with Crippen LogP contribution in [0, 0.1) is 34.0 Å². The minimum Gasteiger partial charge on any atom is -0.496 e. The molecule has 0 fully saturated rings. The molecule has 3 aliphatic rings. The molecule has 1 aromatic rings. The van der Waals surface area contributed by atoms with E-state index in [1.807, 2.05) is 38.1 Å². The maximum atomic E-state index is 9.75. The Morgan fingerprint density at radius 2 is 1.84 bits per heavy atom. The third kappa shape index (κ3) is 3.33. The van der Waals surface area contributed by atoms with Crippen molar-refractivity contribution in [2.24, 2.45) is 0 Å². The number of nitriles is 3. The van der Waals surface area contributed by atoms with Crippen molar-refractivity contribution in [3.8, 4) is 24.0 Å².